The van der Waals surface area contributed by atoms with Crippen LogP contribution >= 0.6 is 0 Å². The van der Waals surface area contributed by atoms with E-state index in [0.717, 1.165) is 30.6 Å². The van der Waals surface area contributed by atoms with Gasteiger partial charge in [0.15, 0.2) is 0 Å². The van der Waals surface area contributed by atoms with Crippen LogP contribution in [0.2, 0.25) is 0 Å². The minimum absolute atomic E-state index is 0.0560. The highest BCUT2D eigenvalue weighted by molar-refractivity contribution is 7.89. The number of nitrogens with one attached hydrogen (secondary N) is 1. The molecule has 1 amide bonds. The molecular formula is C17H26N2O4S. The van der Waals surface area contributed by atoms with Gasteiger partial charge in [0.2, 0.25) is 15.9 Å². The van der Waals surface area contributed by atoms with Crippen LogP contribution < -0.4 is 10.1 Å². The number of ether oxygens (including phenoxy) is 1. The first-order valence-electron chi connectivity index (χ1n) is 8.34. The molecule has 1 aromatic rings. The Kier molecular flexibility index (Phi) is 6.62. The van der Waals surface area contributed by atoms with Crippen molar-refractivity contribution in [2.45, 2.75) is 26.2 Å². The van der Waals surface area contributed by atoms with Gasteiger partial charge in [-0.3, -0.25) is 4.79 Å². The average Bonchev–Trinajstić information content (AvgIpc) is 2.62. The van der Waals surface area contributed by atoms with E-state index in [4.69, 9.17) is 4.74 Å². The molecule has 0 aliphatic carbocycles. The van der Waals surface area contributed by atoms with Gasteiger partial charge in [-0.05, 0) is 43.9 Å². The molecule has 6 nitrogen and oxygen atoms in total. The minimum atomic E-state index is -3.22. The summed E-state index contributed by atoms with van der Waals surface area (Å²) in [5, 5.41) is 2.93. The predicted molar refractivity (Wildman–Crippen MR) is 93.5 cm³/mol. The summed E-state index contributed by atoms with van der Waals surface area (Å²) in [6, 6.07) is 7.74. The summed E-state index contributed by atoms with van der Waals surface area (Å²) >= 11 is 0. The molecule has 24 heavy (non-hydrogen) atoms. The van der Waals surface area contributed by atoms with Crippen LogP contribution in [0.1, 0.15) is 25.3 Å². The largest absolute Gasteiger partial charge is 0.497 e. The molecule has 134 valence electrons. The van der Waals surface area contributed by atoms with Gasteiger partial charge in [-0.15, -0.1) is 0 Å². The van der Waals surface area contributed by atoms with Gasteiger partial charge >= 0.3 is 0 Å². The summed E-state index contributed by atoms with van der Waals surface area (Å²) in [5.41, 5.74) is 1.12. The van der Waals surface area contributed by atoms with Crippen LogP contribution in [0.5, 0.6) is 5.75 Å². The number of nitrogens with zero attached hydrogens (tertiary/aromatic N) is 1. The minimum Gasteiger partial charge on any atom is -0.497 e. The number of carbonyl (C=O) groups excluding carboxylic acids is 1. The van der Waals surface area contributed by atoms with E-state index >= 15 is 0 Å². The zero-order chi connectivity index (χ0) is 17.6. The highest BCUT2D eigenvalue weighted by Gasteiger charge is 2.31. The first-order valence-corrected chi connectivity index (χ1v) is 9.95. The molecule has 1 aromatic carbocycles. The van der Waals surface area contributed by atoms with Gasteiger partial charge in [0.05, 0.1) is 18.8 Å². The molecule has 1 N–H and O–H groups in total. The molecular weight excluding hydrogens is 328 g/mol. The Morgan fingerprint density at radius 3 is 2.67 bits per heavy atom. The van der Waals surface area contributed by atoms with Gasteiger partial charge in [0, 0.05) is 19.6 Å². The first-order chi connectivity index (χ1) is 11.5. The molecule has 0 bridgehead atoms. The van der Waals surface area contributed by atoms with Crippen molar-refractivity contribution in [3.63, 3.8) is 0 Å². The van der Waals surface area contributed by atoms with E-state index in [2.05, 4.69) is 5.32 Å². The number of rotatable bonds is 7. The van der Waals surface area contributed by atoms with Crippen molar-refractivity contribution in [3.05, 3.63) is 29.8 Å². The van der Waals surface area contributed by atoms with Crippen molar-refractivity contribution in [1.82, 2.24) is 9.62 Å². The molecule has 0 radical (unpaired) electrons. The number of methoxy groups -OCH3 is 1. The summed E-state index contributed by atoms with van der Waals surface area (Å²) in [6.45, 7) is 2.99. The smallest absolute Gasteiger partial charge is 0.224 e. The zero-order valence-corrected chi connectivity index (χ0v) is 15.1. The lowest BCUT2D eigenvalue weighted by molar-refractivity contribution is -0.126. The number of piperidine rings is 1. The van der Waals surface area contributed by atoms with E-state index in [9.17, 15) is 13.2 Å². The third-order valence-electron chi connectivity index (χ3n) is 4.39. The van der Waals surface area contributed by atoms with Crippen LogP contribution in [0.15, 0.2) is 24.3 Å². The number of hydrogen-bond acceptors (Lipinski definition) is 4. The van der Waals surface area contributed by atoms with Crippen molar-refractivity contribution in [2.24, 2.45) is 5.92 Å². The average molecular weight is 354 g/mol. The van der Waals surface area contributed by atoms with Gasteiger partial charge in [0.25, 0.3) is 0 Å². The summed E-state index contributed by atoms with van der Waals surface area (Å²) in [7, 11) is -1.59. The number of benzene rings is 1. The van der Waals surface area contributed by atoms with Crippen molar-refractivity contribution in [2.75, 3.05) is 32.5 Å². The number of sulfonamides is 1. The molecule has 7 heteroatoms. The first kappa shape index (κ1) is 18.7. The Bertz CT molecular complexity index is 643. The second kappa shape index (κ2) is 8.48. The third kappa shape index (κ3) is 4.95. The molecule has 1 fully saturated rings. The Morgan fingerprint density at radius 1 is 1.33 bits per heavy atom. The molecule has 1 aliphatic rings. The maximum absolute atomic E-state index is 12.3. The normalized spacial score (nSPS) is 19.0. The van der Waals surface area contributed by atoms with Gasteiger partial charge < -0.3 is 10.1 Å². The fourth-order valence-corrected chi connectivity index (χ4v) is 4.04. The molecule has 2 rings (SSSR count). The van der Waals surface area contributed by atoms with Crippen LogP contribution in [-0.2, 0) is 21.2 Å². The molecule has 1 atom stereocenters. The summed E-state index contributed by atoms with van der Waals surface area (Å²) in [4.78, 5) is 12.3. The fraction of sp³-hybridized carbons (Fsp3) is 0.588. The van der Waals surface area contributed by atoms with Crippen LogP contribution in [-0.4, -0.2) is 51.1 Å². The summed E-state index contributed by atoms with van der Waals surface area (Å²) < 4.78 is 30.5. The molecule has 0 aromatic heterocycles. The Labute approximate surface area is 144 Å². The summed E-state index contributed by atoms with van der Waals surface area (Å²) in [6.07, 6.45) is 2.21. The second-order valence-electron chi connectivity index (χ2n) is 5.99. The number of carbonyl (C=O) groups is 1. The van der Waals surface area contributed by atoms with E-state index in [1.807, 2.05) is 24.3 Å². The standard InChI is InChI=1S/C17H26N2O4S/c1-3-24(21,22)19-12-4-5-15(13-19)17(20)18-11-10-14-6-8-16(23-2)9-7-14/h6-9,15H,3-5,10-13H2,1-2H3,(H,18,20). The van der Waals surface area contributed by atoms with Gasteiger partial charge in [-0.1, -0.05) is 12.1 Å². The Hall–Kier alpha value is -1.60. The monoisotopic (exact) mass is 354 g/mol. The maximum Gasteiger partial charge on any atom is 0.224 e. The van der Waals surface area contributed by atoms with Crippen LogP contribution in [0, 0.1) is 5.92 Å². The topological polar surface area (TPSA) is 75.7 Å². The number of amides is 1. The van der Waals surface area contributed by atoms with Gasteiger partial charge in [-0.25, -0.2) is 12.7 Å². The third-order valence-corrected chi connectivity index (χ3v) is 6.23. The highest BCUT2D eigenvalue weighted by Crippen LogP contribution is 2.19. The number of hydrogen-bond donors (Lipinski definition) is 1. The lowest BCUT2D eigenvalue weighted by Crippen LogP contribution is -2.46. The van der Waals surface area contributed by atoms with E-state index in [1.54, 1.807) is 14.0 Å². The Morgan fingerprint density at radius 2 is 2.04 bits per heavy atom. The Balaban J connectivity index is 1.81. The lowest BCUT2D eigenvalue weighted by atomic mass is 9.99. The molecule has 0 saturated carbocycles. The van der Waals surface area contributed by atoms with Crippen molar-refractivity contribution < 1.29 is 17.9 Å². The second-order valence-corrected chi connectivity index (χ2v) is 8.24. The highest BCUT2D eigenvalue weighted by atomic mass is 32.2. The van der Waals surface area contributed by atoms with Crippen LogP contribution in [0.4, 0.5) is 0 Å². The summed E-state index contributed by atoms with van der Waals surface area (Å²) in [5.74, 6) is 0.580. The maximum atomic E-state index is 12.3. The van der Waals surface area contributed by atoms with Crippen LogP contribution in [0.3, 0.4) is 0 Å². The SMILES string of the molecule is CCS(=O)(=O)N1CCCC(C(=O)NCCc2ccc(OC)cc2)C1. The molecule has 1 heterocycles. The zero-order valence-electron chi connectivity index (χ0n) is 14.3. The molecule has 1 saturated heterocycles. The lowest BCUT2D eigenvalue weighted by Gasteiger charge is -2.30. The van der Waals surface area contributed by atoms with Crippen molar-refractivity contribution in [1.29, 1.82) is 0 Å². The van der Waals surface area contributed by atoms with Crippen LogP contribution in [0.25, 0.3) is 0 Å². The van der Waals surface area contributed by atoms with E-state index in [0.29, 0.717) is 19.6 Å². The molecule has 0 spiro atoms. The van der Waals surface area contributed by atoms with Crippen molar-refractivity contribution >= 4 is 15.9 Å². The van der Waals surface area contributed by atoms with E-state index in [1.165, 1.54) is 4.31 Å². The predicted octanol–water partition coefficient (Wildman–Crippen LogP) is 1.42. The fourth-order valence-electron chi connectivity index (χ4n) is 2.86. The van der Waals surface area contributed by atoms with Crippen molar-refractivity contribution in [3.8, 4) is 5.75 Å². The van der Waals surface area contributed by atoms with Gasteiger partial charge in [0.1, 0.15) is 5.75 Å². The quantitative estimate of drug-likeness (QED) is 0.803. The van der Waals surface area contributed by atoms with E-state index < -0.39 is 10.0 Å². The molecule has 1 unspecified atom stereocenters. The van der Waals surface area contributed by atoms with Gasteiger partial charge in [-0.2, -0.15) is 0 Å². The molecule has 1 aliphatic heterocycles. The van der Waals surface area contributed by atoms with E-state index in [-0.39, 0.29) is 17.6 Å².